The van der Waals surface area contributed by atoms with Gasteiger partial charge >= 0.3 is 5.97 Å². The summed E-state index contributed by atoms with van der Waals surface area (Å²) in [7, 11) is 1.62. The number of Topliss-reactive ketones (excluding diaryl/α,β-unsaturated/α-hetero) is 1. The third kappa shape index (κ3) is 4.90. The summed E-state index contributed by atoms with van der Waals surface area (Å²) in [6, 6.07) is 11.8. The molecule has 1 saturated carbocycles. The highest BCUT2D eigenvalue weighted by molar-refractivity contribution is 6.06. The van der Waals surface area contributed by atoms with Crippen LogP contribution < -0.4 is 4.74 Å². The smallest absolute Gasteiger partial charge is 0.338 e. The third-order valence-corrected chi connectivity index (χ3v) is 6.67. The minimum absolute atomic E-state index is 0.0322. The molecule has 0 spiro atoms. The summed E-state index contributed by atoms with van der Waals surface area (Å²) in [6.07, 6.45) is 6.79. The molecule has 0 heterocycles. The normalized spacial score (nSPS) is 16.5. The molecule has 33 heavy (non-hydrogen) atoms. The van der Waals surface area contributed by atoms with E-state index in [1.165, 1.54) is 36.0 Å². The van der Waals surface area contributed by atoms with Crippen LogP contribution in [0.15, 0.2) is 36.4 Å². The molecule has 0 bridgehead atoms. The van der Waals surface area contributed by atoms with Crippen LogP contribution in [0.25, 0.3) is 11.1 Å². The highest BCUT2D eigenvalue weighted by atomic mass is 16.6. The quantitative estimate of drug-likeness (QED) is 0.370. The van der Waals surface area contributed by atoms with E-state index in [1.807, 2.05) is 51.1 Å². The van der Waals surface area contributed by atoms with E-state index in [4.69, 9.17) is 9.47 Å². The van der Waals surface area contributed by atoms with Gasteiger partial charge in [0.25, 0.3) is 0 Å². The van der Waals surface area contributed by atoms with Crippen molar-refractivity contribution in [1.29, 1.82) is 0 Å². The summed E-state index contributed by atoms with van der Waals surface area (Å²) in [5.41, 5.74) is 6.64. The first kappa shape index (κ1) is 23.3. The fraction of sp³-hybridized carbons (Fsp3) is 0.448. The van der Waals surface area contributed by atoms with Gasteiger partial charge in [0, 0.05) is 5.56 Å². The Morgan fingerprint density at radius 3 is 2.27 bits per heavy atom. The number of ether oxygens (including phenoxy) is 2. The number of fused-ring (bicyclic) bond motifs is 1. The van der Waals surface area contributed by atoms with Crippen LogP contribution >= 0.6 is 0 Å². The molecule has 0 N–H and O–H groups in total. The first-order valence-electron chi connectivity index (χ1n) is 12.0. The number of hydrogen-bond donors (Lipinski definition) is 0. The number of benzene rings is 2. The van der Waals surface area contributed by atoms with Gasteiger partial charge in [0.2, 0.25) is 0 Å². The molecule has 2 aromatic rings. The van der Waals surface area contributed by atoms with Gasteiger partial charge in [-0.3, -0.25) is 4.79 Å². The minimum atomic E-state index is -0.535. The Bertz CT molecular complexity index is 1110. The van der Waals surface area contributed by atoms with Crippen LogP contribution in [0.2, 0.25) is 0 Å². The minimum Gasteiger partial charge on any atom is -0.497 e. The molecule has 2 aliphatic carbocycles. The van der Waals surface area contributed by atoms with Crippen molar-refractivity contribution in [1.82, 2.24) is 0 Å². The van der Waals surface area contributed by atoms with Gasteiger partial charge in [0.1, 0.15) is 11.4 Å². The van der Waals surface area contributed by atoms with E-state index in [0.29, 0.717) is 29.2 Å². The van der Waals surface area contributed by atoms with Crippen molar-refractivity contribution >= 4 is 22.9 Å². The van der Waals surface area contributed by atoms with E-state index in [1.54, 1.807) is 14.0 Å². The molecule has 0 aromatic heterocycles. The summed E-state index contributed by atoms with van der Waals surface area (Å²) in [4.78, 5) is 25.3. The summed E-state index contributed by atoms with van der Waals surface area (Å²) >= 11 is 0. The Labute approximate surface area is 197 Å². The van der Waals surface area contributed by atoms with Gasteiger partial charge in [-0.25, -0.2) is 4.79 Å². The molecule has 0 radical (unpaired) electrons. The zero-order chi connectivity index (χ0) is 23.8. The number of carbonyl (C=O) groups excluding carboxylic acids is 2. The second kappa shape index (κ2) is 9.17. The fourth-order valence-electron chi connectivity index (χ4n) is 5.22. The van der Waals surface area contributed by atoms with Gasteiger partial charge in [-0.2, -0.15) is 0 Å². The lowest BCUT2D eigenvalue weighted by Gasteiger charge is -2.26. The third-order valence-electron chi connectivity index (χ3n) is 6.67. The van der Waals surface area contributed by atoms with E-state index < -0.39 is 5.60 Å². The zero-order valence-corrected chi connectivity index (χ0v) is 20.4. The fourth-order valence-corrected chi connectivity index (χ4v) is 5.22. The lowest BCUT2D eigenvalue weighted by Crippen LogP contribution is -2.24. The van der Waals surface area contributed by atoms with E-state index in [2.05, 4.69) is 6.07 Å². The number of hydrogen-bond acceptors (Lipinski definition) is 4. The Balaban J connectivity index is 1.81. The lowest BCUT2D eigenvalue weighted by atomic mass is 9.79. The molecule has 0 aliphatic heterocycles. The Morgan fingerprint density at radius 2 is 1.64 bits per heavy atom. The van der Waals surface area contributed by atoms with Crippen molar-refractivity contribution in [3.63, 3.8) is 0 Å². The Morgan fingerprint density at radius 1 is 0.939 bits per heavy atom. The molecular formula is C29H34O4. The summed E-state index contributed by atoms with van der Waals surface area (Å²) in [6.45, 7) is 7.26. The lowest BCUT2D eigenvalue weighted by molar-refractivity contribution is 0.00693. The van der Waals surface area contributed by atoms with Gasteiger partial charge < -0.3 is 9.47 Å². The molecule has 2 aromatic carbocycles. The number of rotatable bonds is 5. The first-order valence-corrected chi connectivity index (χ1v) is 12.0. The van der Waals surface area contributed by atoms with Crippen LogP contribution in [0, 0.1) is 5.92 Å². The van der Waals surface area contributed by atoms with Gasteiger partial charge in [-0.05, 0) is 105 Å². The topological polar surface area (TPSA) is 52.6 Å². The van der Waals surface area contributed by atoms with Crippen LogP contribution in [0.4, 0.5) is 0 Å². The van der Waals surface area contributed by atoms with E-state index in [-0.39, 0.29) is 11.8 Å². The predicted molar refractivity (Wildman–Crippen MR) is 132 cm³/mol. The molecule has 4 heteroatoms. The maximum Gasteiger partial charge on any atom is 0.338 e. The summed E-state index contributed by atoms with van der Waals surface area (Å²) in [5, 5.41) is 0. The number of esters is 1. The van der Waals surface area contributed by atoms with Gasteiger partial charge in [0.05, 0.1) is 12.7 Å². The Hall–Kier alpha value is -2.88. The van der Waals surface area contributed by atoms with E-state index in [9.17, 15) is 9.59 Å². The van der Waals surface area contributed by atoms with Gasteiger partial charge in [-0.1, -0.05) is 31.4 Å². The maximum absolute atomic E-state index is 12.7. The second-order valence-corrected chi connectivity index (χ2v) is 10.2. The van der Waals surface area contributed by atoms with Gasteiger partial charge in [-0.15, -0.1) is 0 Å². The molecule has 4 nitrogen and oxygen atoms in total. The van der Waals surface area contributed by atoms with Crippen molar-refractivity contribution in [3.8, 4) is 5.75 Å². The number of ketones is 1. The standard InChI is InChI=1S/C29H34O4/c1-18(30)25-17-22(32-5)12-14-24(25)26-16-21-15-20(28(31)33-29(2,3)4)11-13-23(21)27(26)19-9-7-6-8-10-19/h11-15,17,19H,6-10,16H2,1-5H3. The monoisotopic (exact) mass is 446 g/mol. The number of allylic oxidation sites excluding steroid dienone is 2. The highest BCUT2D eigenvalue weighted by Gasteiger charge is 2.31. The highest BCUT2D eigenvalue weighted by Crippen LogP contribution is 2.48. The molecule has 174 valence electrons. The largest absolute Gasteiger partial charge is 0.497 e. The summed E-state index contributed by atoms with van der Waals surface area (Å²) in [5.74, 6) is 0.896. The average Bonchev–Trinajstić information content (AvgIpc) is 3.16. The molecule has 0 unspecified atom stereocenters. The number of carbonyl (C=O) groups is 2. The maximum atomic E-state index is 12.7. The predicted octanol–water partition coefficient (Wildman–Crippen LogP) is 6.90. The molecule has 0 saturated heterocycles. The SMILES string of the molecule is COc1ccc(C2=C(C3CCCCC3)c3ccc(C(=O)OC(C)(C)C)cc3C2)c(C(C)=O)c1. The van der Waals surface area contributed by atoms with Crippen molar-refractivity contribution < 1.29 is 19.1 Å². The van der Waals surface area contributed by atoms with Crippen molar-refractivity contribution in [2.45, 2.75) is 71.8 Å². The molecule has 2 aliphatic rings. The van der Waals surface area contributed by atoms with Crippen LogP contribution in [0.5, 0.6) is 5.75 Å². The molecular weight excluding hydrogens is 412 g/mol. The zero-order valence-electron chi connectivity index (χ0n) is 20.4. The molecule has 4 rings (SSSR count). The van der Waals surface area contributed by atoms with Crippen LogP contribution in [0.3, 0.4) is 0 Å². The molecule has 1 fully saturated rings. The van der Waals surface area contributed by atoms with Crippen LogP contribution in [-0.2, 0) is 11.2 Å². The average molecular weight is 447 g/mol. The molecule has 0 amide bonds. The first-order chi connectivity index (χ1) is 15.7. The summed E-state index contributed by atoms with van der Waals surface area (Å²) < 4.78 is 11.0. The number of methoxy groups -OCH3 is 1. The van der Waals surface area contributed by atoms with Gasteiger partial charge in [0.15, 0.2) is 5.78 Å². The van der Waals surface area contributed by atoms with Crippen molar-refractivity contribution in [2.75, 3.05) is 7.11 Å². The van der Waals surface area contributed by atoms with Crippen LogP contribution in [-0.4, -0.2) is 24.5 Å². The second-order valence-electron chi connectivity index (χ2n) is 10.2. The molecule has 0 atom stereocenters. The van der Waals surface area contributed by atoms with E-state index >= 15 is 0 Å². The van der Waals surface area contributed by atoms with Crippen molar-refractivity contribution in [2.24, 2.45) is 5.92 Å². The Kier molecular flexibility index (Phi) is 6.47. The van der Waals surface area contributed by atoms with E-state index in [0.717, 1.165) is 24.0 Å². The van der Waals surface area contributed by atoms with Crippen LogP contribution in [0.1, 0.15) is 97.2 Å². The van der Waals surface area contributed by atoms with Crippen molar-refractivity contribution in [3.05, 3.63) is 64.2 Å².